The number of nitrogens with one attached hydrogen (secondary N) is 2. The maximum Gasteiger partial charge on any atom is 0.407 e. The largest absolute Gasteiger partial charge is 0.447 e. The lowest BCUT2D eigenvalue weighted by Crippen LogP contribution is -2.28. The van der Waals surface area contributed by atoms with Gasteiger partial charge in [0.15, 0.2) is 0 Å². The highest BCUT2D eigenvalue weighted by Gasteiger charge is 2.22. The van der Waals surface area contributed by atoms with Crippen LogP contribution in [0.1, 0.15) is 20.7 Å². The molecule has 2 N–H and O–H groups in total. The smallest absolute Gasteiger partial charge is 0.407 e. The molecule has 1 atom stereocenters. The number of hydrogen-bond donors (Lipinski definition) is 2. The van der Waals surface area contributed by atoms with Gasteiger partial charge < -0.3 is 19.9 Å². The number of rotatable bonds is 5. The standard InChI is InChI=1S/C16H21N3O2/c1-19(2)6-5-12-9-17-15-4-3-11(8-14(12)15)7-13-10-21-16(20)18-13/h3-4,8-9,13,17H,5-7,10H2,1-2H3,(H,18,20)/t13-/m0/s1/i1D3,2D3,9D. The van der Waals surface area contributed by atoms with E-state index >= 15 is 0 Å². The Labute approximate surface area is 134 Å². The first-order chi connectivity index (χ1) is 12.9. The van der Waals surface area contributed by atoms with Gasteiger partial charge in [-0.25, -0.2) is 4.79 Å². The van der Waals surface area contributed by atoms with Gasteiger partial charge in [-0.3, -0.25) is 0 Å². The van der Waals surface area contributed by atoms with Crippen LogP contribution in [0.5, 0.6) is 0 Å². The van der Waals surface area contributed by atoms with Gasteiger partial charge in [0.1, 0.15) is 6.61 Å². The second kappa shape index (κ2) is 5.77. The molecule has 0 saturated carbocycles. The maximum atomic E-state index is 11.2. The minimum Gasteiger partial charge on any atom is -0.447 e. The monoisotopic (exact) mass is 294 g/mol. The van der Waals surface area contributed by atoms with Crippen LogP contribution in [-0.2, 0) is 17.6 Å². The van der Waals surface area contributed by atoms with Gasteiger partial charge in [-0.2, -0.15) is 0 Å². The van der Waals surface area contributed by atoms with Crippen molar-refractivity contribution >= 4 is 17.0 Å². The number of likely N-dealkylation sites (N-methyl/N-ethyl adjacent to an activating group) is 1. The average molecular weight is 294 g/mol. The molecular weight excluding hydrogens is 266 g/mol. The highest BCUT2D eigenvalue weighted by Crippen LogP contribution is 2.21. The third-order valence-corrected chi connectivity index (χ3v) is 3.56. The van der Waals surface area contributed by atoms with Crippen molar-refractivity contribution in [2.75, 3.05) is 27.1 Å². The Morgan fingerprint density at radius 1 is 1.52 bits per heavy atom. The van der Waals surface area contributed by atoms with Gasteiger partial charge in [0.2, 0.25) is 0 Å². The van der Waals surface area contributed by atoms with Gasteiger partial charge in [0, 0.05) is 31.8 Å². The second-order valence-electron chi connectivity index (χ2n) is 5.15. The zero-order valence-electron chi connectivity index (χ0n) is 18.4. The first-order valence-electron chi connectivity index (χ1n) is 10.3. The number of fused-ring (bicyclic) bond motifs is 1. The number of aromatic nitrogens is 1. The number of carbonyl (C=O) groups is 1. The van der Waals surface area contributed by atoms with Gasteiger partial charge in [-0.05, 0) is 50.1 Å². The van der Waals surface area contributed by atoms with E-state index in [1.54, 1.807) is 0 Å². The molecule has 0 bridgehead atoms. The van der Waals surface area contributed by atoms with Crippen LogP contribution >= 0.6 is 0 Å². The molecule has 112 valence electrons. The van der Waals surface area contributed by atoms with E-state index in [0.717, 1.165) is 10.9 Å². The molecule has 2 heterocycles. The minimum atomic E-state index is -2.76. The lowest BCUT2D eigenvalue weighted by Gasteiger charge is -2.09. The summed E-state index contributed by atoms with van der Waals surface area (Å²) in [5.74, 6) is 0. The van der Waals surface area contributed by atoms with Crippen LogP contribution < -0.4 is 5.32 Å². The number of aromatic amines is 1. The summed E-state index contributed by atoms with van der Waals surface area (Å²) in [7, 11) is 0. The number of amides is 1. The molecule has 1 aromatic heterocycles. The van der Waals surface area contributed by atoms with Crippen molar-refractivity contribution in [3.8, 4) is 0 Å². The number of H-pyrrole nitrogens is 1. The highest BCUT2D eigenvalue weighted by molar-refractivity contribution is 5.84. The average Bonchev–Trinajstić information content (AvgIpc) is 3.08. The van der Waals surface area contributed by atoms with Crippen molar-refractivity contribution < 1.29 is 19.1 Å². The van der Waals surface area contributed by atoms with Gasteiger partial charge in [-0.15, -0.1) is 0 Å². The zero-order chi connectivity index (χ0) is 20.7. The molecule has 1 fully saturated rings. The van der Waals surface area contributed by atoms with Crippen LogP contribution in [0.3, 0.4) is 0 Å². The summed E-state index contributed by atoms with van der Waals surface area (Å²) in [6.45, 7) is -5.47. The van der Waals surface area contributed by atoms with Crippen molar-refractivity contribution in [3.63, 3.8) is 0 Å². The Kier molecular flexibility index (Phi) is 2.16. The maximum absolute atomic E-state index is 11.2. The van der Waals surface area contributed by atoms with Crippen LogP contribution in [0.25, 0.3) is 10.9 Å². The molecule has 3 rings (SSSR count). The lowest BCUT2D eigenvalue weighted by molar-refractivity contribution is 0.177. The predicted molar refractivity (Wildman–Crippen MR) is 82.5 cm³/mol. The molecule has 0 radical (unpaired) electrons. The van der Waals surface area contributed by atoms with Gasteiger partial charge >= 0.3 is 6.09 Å². The van der Waals surface area contributed by atoms with E-state index in [1.807, 2.05) is 18.2 Å². The first kappa shape index (κ1) is 7.84. The quantitative estimate of drug-likeness (QED) is 0.886. The molecule has 5 heteroatoms. The molecule has 1 aromatic carbocycles. The topological polar surface area (TPSA) is 57.4 Å². The molecule has 21 heavy (non-hydrogen) atoms. The minimum absolute atomic E-state index is 0.0995. The van der Waals surface area contributed by atoms with Gasteiger partial charge in [0.05, 0.1) is 7.41 Å². The zero-order valence-corrected chi connectivity index (χ0v) is 11.4. The van der Waals surface area contributed by atoms with Crippen molar-refractivity contribution in [1.82, 2.24) is 15.2 Å². The SMILES string of the molecule is [2H]c1[nH]c2ccc(C[C@H]3COC(=O)N3)cc2c1CCN(C([2H])([2H])[2H])C([2H])([2H])[2H]. The van der Waals surface area contributed by atoms with E-state index < -0.39 is 20.0 Å². The molecular formula is C16H21N3O2. The Morgan fingerprint density at radius 3 is 3.19 bits per heavy atom. The normalized spacial score (nSPS) is 24.3. The Hall–Kier alpha value is -2.01. The summed E-state index contributed by atoms with van der Waals surface area (Å²) >= 11 is 0. The van der Waals surface area contributed by atoms with Crippen LogP contribution in [0.2, 0.25) is 0 Å². The molecule has 0 aliphatic carbocycles. The third kappa shape index (κ3) is 3.19. The highest BCUT2D eigenvalue weighted by atomic mass is 16.6. The fourth-order valence-corrected chi connectivity index (χ4v) is 2.53. The van der Waals surface area contributed by atoms with Crippen LogP contribution in [0, 0.1) is 0 Å². The summed E-state index contributed by atoms with van der Waals surface area (Å²) in [5.41, 5.74) is 2.19. The summed E-state index contributed by atoms with van der Waals surface area (Å²) in [6, 6.07) is 5.43. The van der Waals surface area contributed by atoms with Crippen LogP contribution in [0.15, 0.2) is 24.4 Å². The number of hydrogen-bond acceptors (Lipinski definition) is 3. The van der Waals surface area contributed by atoms with E-state index in [0.29, 0.717) is 22.4 Å². The Morgan fingerprint density at radius 2 is 2.43 bits per heavy atom. The molecule has 1 amide bonds. The van der Waals surface area contributed by atoms with Crippen LogP contribution in [-0.4, -0.2) is 49.1 Å². The molecule has 1 aliphatic heterocycles. The number of ether oxygens (including phenoxy) is 1. The van der Waals surface area contributed by atoms with E-state index in [2.05, 4.69) is 10.3 Å². The first-order valence-corrected chi connectivity index (χ1v) is 6.76. The third-order valence-electron chi connectivity index (χ3n) is 3.56. The van der Waals surface area contributed by atoms with E-state index in [4.69, 9.17) is 14.3 Å². The molecule has 1 saturated heterocycles. The number of nitrogens with zero attached hydrogens (tertiary/aromatic N) is 1. The molecule has 1 aliphatic rings. The number of carbonyl (C=O) groups excluding carboxylic acids is 1. The van der Waals surface area contributed by atoms with Crippen LogP contribution in [0.4, 0.5) is 4.79 Å². The fourth-order valence-electron chi connectivity index (χ4n) is 2.53. The van der Waals surface area contributed by atoms with Gasteiger partial charge in [0.25, 0.3) is 0 Å². The number of cyclic esters (lactones) is 1. The number of alkyl carbamates (subject to hydrolysis) is 1. The summed E-state index contributed by atoms with van der Waals surface area (Å²) in [5, 5.41) is 3.45. The van der Waals surface area contributed by atoms with Crippen molar-refractivity contribution in [2.45, 2.75) is 18.9 Å². The summed E-state index contributed by atoms with van der Waals surface area (Å²) in [4.78, 5) is 14.6. The summed E-state index contributed by atoms with van der Waals surface area (Å²) in [6.07, 6.45) is 0.329. The number of benzene rings is 1. The van der Waals surface area contributed by atoms with E-state index in [-0.39, 0.29) is 31.8 Å². The van der Waals surface area contributed by atoms with E-state index in [9.17, 15) is 4.79 Å². The van der Waals surface area contributed by atoms with Crippen molar-refractivity contribution in [1.29, 1.82) is 0 Å². The Bertz CT molecular complexity index is 861. The lowest BCUT2D eigenvalue weighted by atomic mass is 10.0. The van der Waals surface area contributed by atoms with E-state index in [1.165, 1.54) is 0 Å². The molecule has 2 aromatic rings. The van der Waals surface area contributed by atoms with Gasteiger partial charge in [-0.1, -0.05) is 6.07 Å². The van der Waals surface area contributed by atoms with Crippen molar-refractivity contribution in [3.05, 3.63) is 35.5 Å². The Balaban J connectivity index is 1.83. The fraction of sp³-hybridized carbons (Fsp3) is 0.438. The molecule has 0 unspecified atom stereocenters. The molecule has 0 spiro atoms. The molecule has 5 nitrogen and oxygen atoms in total. The predicted octanol–water partition coefficient (Wildman–Crippen LogP) is 1.92. The summed E-state index contributed by atoms with van der Waals surface area (Å²) < 4.78 is 57.8. The van der Waals surface area contributed by atoms with Crippen molar-refractivity contribution in [2.24, 2.45) is 0 Å². The second-order valence-corrected chi connectivity index (χ2v) is 5.15.